The van der Waals surface area contributed by atoms with Crippen molar-refractivity contribution in [3.63, 3.8) is 0 Å². The summed E-state index contributed by atoms with van der Waals surface area (Å²) >= 11 is 0. The highest BCUT2D eigenvalue weighted by atomic mass is 16.6. The van der Waals surface area contributed by atoms with Crippen LogP contribution < -0.4 is 9.47 Å². The van der Waals surface area contributed by atoms with Gasteiger partial charge in [-0.05, 0) is 42.0 Å². The lowest BCUT2D eigenvalue weighted by Gasteiger charge is -2.47. The van der Waals surface area contributed by atoms with Crippen molar-refractivity contribution in [2.45, 2.75) is 45.3 Å². The molecule has 4 rings (SSSR count). The average Bonchev–Trinajstić information content (AvgIpc) is 2.78. The summed E-state index contributed by atoms with van der Waals surface area (Å²) in [4.78, 5) is 17.2. The molecular formula is C24H36N2O5. The smallest absolute Gasteiger partial charge is 0.410 e. The fraction of sp³-hybridized carbons (Fsp3) is 0.708. The molecule has 31 heavy (non-hydrogen) atoms. The monoisotopic (exact) mass is 432 g/mol. The minimum absolute atomic E-state index is 0.0851. The Labute approximate surface area is 185 Å². The molecule has 0 saturated carbocycles. The normalized spacial score (nSPS) is 26.2. The first-order valence-corrected chi connectivity index (χ1v) is 11.5. The van der Waals surface area contributed by atoms with Crippen LogP contribution >= 0.6 is 0 Å². The third kappa shape index (κ3) is 4.77. The molecule has 3 aliphatic rings. The summed E-state index contributed by atoms with van der Waals surface area (Å²) in [5, 5.41) is 0. The van der Waals surface area contributed by atoms with Gasteiger partial charge >= 0.3 is 6.09 Å². The Kier molecular flexibility index (Phi) is 6.92. The molecule has 3 unspecified atom stereocenters. The lowest BCUT2D eigenvalue weighted by atomic mass is 9.79. The summed E-state index contributed by atoms with van der Waals surface area (Å²) in [5.41, 5.74) is 2.58. The molecule has 2 saturated heterocycles. The van der Waals surface area contributed by atoms with Gasteiger partial charge in [0.15, 0.2) is 11.5 Å². The summed E-state index contributed by atoms with van der Waals surface area (Å²) in [7, 11) is 3.36. The van der Waals surface area contributed by atoms with Crippen molar-refractivity contribution < 1.29 is 23.7 Å². The number of nitrogens with zero attached hydrogens (tertiary/aromatic N) is 2. The van der Waals surface area contributed by atoms with E-state index in [0.29, 0.717) is 38.1 Å². The van der Waals surface area contributed by atoms with Crippen molar-refractivity contribution in [1.29, 1.82) is 0 Å². The van der Waals surface area contributed by atoms with Crippen molar-refractivity contribution in [1.82, 2.24) is 9.80 Å². The average molecular weight is 433 g/mol. The molecule has 0 bridgehead atoms. The standard InChI is InChI=1S/C24H36N2O5/c1-16(2)11-18-15-26-6-5-17-12-22(28-3)23(29-4)13-19(17)20(26)14-21(18)31-24(27)25-7-9-30-10-8-25/h12-13,16,18,20-21H,5-11,14-15H2,1-4H3. The van der Waals surface area contributed by atoms with Crippen LogP contribution in [0.1, 0.15) is 43.9 Å². The van der Waals surface area contributed by atoms with Crippen LogP contribution in [-0.2, 0) is 15.9 Å². The van der Waals surface area contributed by atoms with Crippen molar-refractivity contribution >= 4 is 6.09 Å². The number of methoxy groups -OCH3 is 2. The molecule has 7 heteroatoms. The van der Waals surface area contributed by atoms with E-state index >= 15 is 0 Å². The number of piperidine rings is 1. The molecule has 0 aliphatic carbocycles. The van der Waals surface area contributed by atoms with E-state index in [1.165, 1.54) is 11.1 Å². The van der Waals surface area contributed by atoms with Gasteiger partial charge in [0.2, 0.25) is 0 Å². The number of rotatable bonds is 5. The van der Waals surface area contributed by atoms with E-state index in [4.69, 9.17) is 18.9 Å². The fourth-order valence-electron chi connectivity index (χ4n) is 5.33. The Bertz CT molecular complexity index is 777. The molecule has 1 amide bonds. The van der Waals surface area contributed by atoms with E-state index in [1.807, 2.05) is 0 Å². The lowest BCUT2D eigenvalue weighted by molar-refractivity contribution is -0.0481. The van der Waals surface area contributed by atoms with Gasteiger partial charge in [0.1, 0.15) is 6.10 Å². The molecule has 3 heterocycles. The molecule has 1 aromatic rings. The van der Waals surface area contributed by atoms with Gasteiger partial charge in [-0.15, -0.1) is 0 Å². The largest absolute Gasteiger partial charge is 0.493 e. The molecular weight excluding hydrogens is 396 g/mol. The Morgan fingerprint density at radius 1 is 1.13 bits per heavy atom. The third-order valence-electron chi connectivity index (χ3n) is 6.86. The zero-order chi connectivity index (χ0) is 22.0. The molecule has 2 fully saturated rings. The van der Waals surface area contributed by atoms with Gasteiger partial charge in [0, 0.05) is 44.6 Å². The summed E-state index contributed by atoms with van der Waals surface area (Å²) in [6.45, 7) is 8.85. The third-order valence-corrected chi connectivity index (χ3v) is 6.86. The Morgan fingerprint density at radius 3 is 2.52 bits per heavy atom. The zero-order valence-electron chi connectivity index (χ0n) is 19.3. The molecule has 0 spiro atoms. The van der Waals surface area contributed by atoms with Crippen LogP contribution in [0.3, 0.4) is 0 Å². The van der Waals surface area contributed by atoms with Crippen LogP contribution in [0.2, 0.25) is 0 Å². The topological polar surface area (TPSA) is 60.5 Å². The summed E-state index contributed by atoms with van der Waals surface area (Å²) in [6, 6.07) is 4.46. The predicted octanol–water partition coefficient (Wildman–Crippen LogP) is 3.51. The minimum Gasteiger partial charge on any atom is -0.493 e. The van der Waals surface area contributed by atoms with Crippen molar-refractivity contribution in [2.75, 3.05) is 53.6 Å². The molecule has 7 nitrogen and oxygen atoms in total. The number of hydrogen-bond donors (Lipinski definition) is 0. The Balaban J connectivity index is 1.57. The van der Waals surface area contributed by atoms with Crippen molar-refractivity contribution in [3.8, 4) is 11.5 Å². The van der Waals surface area contributed by atoms with Gasteiger partial charge < -0.3 is 23.8 Å². The van der Waals surface area contributed by atoms with E-state index < -0.39 is 0 Å². The first-order chi connectivity index (χ1) is 15.0. The molecule has 3 atom stereocenters. The number of carbonyl (C=O) groups excluding carboxylic acids is 1. The summed E-state index contributed by atoms with van der Waals surface area (Å²) in [5.74, 6) is 2.45. The van der Waals surface area contributed by atoms with Crippen molar-refractivity contribution in [2.24, 2.45) is 11.8 Å². The van der Waals surface area contributed by atoms with E-state index in [9.17, 15) is 4.79 Å². The fourth-order valence-corrected chi connectivity index (χ4v) is 5.33. The van der Waals surface area contributed by atoms with Crippen LogP contribution in [0.4, 0.5) is 4.79 Å². The first-order valence-electron chi connectivity index (χ1n) is 11.5. The van der Waals surface area contributed by atoms with E-state index in [0.717, 1.165) is 43.9 Å². The number of hydrogen-bond acceptors (Lipinski definition) is 6. The quantitative estimate of drug-likeness (QED) is 0.710. The number of amides is 1. The number of morpholine rings is 1. The highest BCUT2D eigenvalue weighted by Crippen LogP contribution is 2.44. The summed E-state index contributed by atoms with van der Waals surface area (Å²) in [6.07, 6.45) is 2.59. The Hall–Kier alpha value is -1.99. The van der Waals surface area contributed by atoms with Crippen LogP contribution in [0.5, 0.6) is 11.5 Å². The molecule has 172 valence electrons. The highest BCUT2D eigenvalue weighted by Gasteiger charge is 2.41. The van der Waals surface area contributed by atoms with Crippen LogP contribution in [0, 0.1) is 11.8 Å². The molecule has 0 aromatic heterocycles. The number of carbonyl (C=O) groups is 1. The van der Waals surface area contributed by atoms with E-state index in [-0.39, 0.29) is 18.2 Å². The second-order valence-corrected chi connectivity index (χ2v) is 9.31. The maximum Gasteiger partial charge on any atom is 0.410 e. The van der Waals surface area contributed by atoms with Crippen molar-refractivity contribution in [3.05, 3.63) is 23.3 Å². The second-order valence-electron chi connectivity index (χ2n) is 9.31. The summed E-state index contributed by atoms with van der Waals surface area (Å²) < 4.78 is 22.6. The lowest BCUT2D eigenvalue weighted by Crippen LogP contribution is -2.51. The minimum atomic E-state index is -0.196. The van der Waals surface area contributed by atoms with Gasteiger partial charge in [-0.2, -0.15) is 0 Å². The van der Waals surface area contributed by atoms with Gasteiger partial charge in [0.05, 0.1) is 27.4 Å². The number of ether oxygens (including phenoxy) is 4. The number of benzene rings is 1. The predicted molar refractivity (Wildman–Crippen MR) is 118 cm³/mol. The maximum absolute atomic E-state index is 12.9. The van der Waals surface area contributed by atoms with Gasteiger partial charge in [0.25, 0.3) is 0 Å². The Morgan fingerprint density at radius 2 is 1.84 bits per heavy atom. The van der Waals surface area contributed by atoms with Gasteiger partial charge in [-0.25, -0.2) is 4.79 Å². The highest BCUT2D eigenvalue weighted by molar-refractivity contribution is 5.68. The van der Waals surface area contributed by atoms with Crippen LogP contribution in [-0.4, -0.2) is 75.6 Å². The van der Waals surface area contributed by atoms with E-state index in [2.05, 4.69) is 30.9 Å². The van der Waals surface area contributed by atoms with Crippen LogP contribution in [0.15, 0.2) is 12.1 Å². The molecule has 3 aliphatic heterocycles. The molecule has 1 aromatic carbocycles. The first kappa shape index (κ1) is 22.2. The molecule has 0 N–H and O–H groups in total. The van der Waals surface area contributed by atoms with Crippen LogP contribution in [0.25, 0.3) is 0 Å². The van der Waals surface area contributed by atoms with Gasteiger partial charge in [-0.3, -0.25) is 4.90 Å². The second kappa shape index (κ2) is 9.65. The van der Waals surface area contributed by atoms with E-state index in [1.54, 1.807) is 19.1 Å². The maximum atomic E-state index is 12.9. The molecule has 0 radical (unpaired) electrons. The SMILES string of the molecule is COc1cc2c(cc1OC)C1CC(OC(=O)N3CCOCC3)C(CC(C)C)CN1CC2. The zero-order valence-corrected chi connectivity index (χ0v) is 19.3. The number of fused-ring (bicyclic) bond motifs is 3. The van der Waals surface area contributed by atoms with Gasteiger partial charge in [-0.1, -0.05) is 13.8 Å².